The number of carbonyl (C=O) groups excluding carboxylic acids is 2. The van der Waals surface area contributed by atoms with Crippen molar-refractivity contribution in [1.29, 1.82) is 0 Å². The quantitative estimate of drug-likeness (QED) is 0.640. The third kappa shape index (κ3) is 2.54. The maximum absolute atomic E-state index is 13.5. The number of rotatable bonds is 3. The molecule has 0 bridgehead atoms. The molecule has 0 aliphatic carbocycles. The molecule has 0 aliphatic rings. The van der Waals surface area contributed by atoms with E-state index in [0.29, 0.717) is 4.47 Å². The van der Waals surface area contributed by atoms with Gasteiger partial charge in [-0.1, -0.05) is 46.3 Å². The molecule has 4 heteroatoms. The van der Waals surface area contributed by atoms with Crippen LogP contribution >= 0.6 is 15.9 Å². The molecule has 2 rings (SSSR count). The fraction of sp³-hybridized carbons (Fsp3) is 0. The molecule has 2 nitrogen and oxygen atoms in total. The lowest BCUT2D eigenvalue weighted by atomic mass is 10.0. The van der Waals surface area contributed by atoms with E-state index in [2.05, 4.69) is 15.9 Å². The van der Waals surface area contributed by atoms with Gasteiger partial charge in [-0.25, -0.2) is 4.39 Å². The van der Waals surface area contributed by atoms with E-state index in [1.807, 2.05) is 0 Å². The summed E-state index contributed by atoms with van der Waals surface area (Å²) in [6.07, 6.45) is 0. The summed E-state index contributed by atoms with van der Waals surface area (Å²) in [4.78, 5) is 23.8. The predicted octanol–water partition coefficient (Wildman–Crippen LogP) is 3.65. The first-order valence-corrected chi connectivity index (χ1v) is 5.98. The van der Waals surface area contributed by atoms with Gasteiger partial charge in [-0.05, 0) is 18.2 Å². The Kier molecular flexibility index (Phi) is 3.67. The lowest BCUT2D eigenvalue weighted by Gasteiger charge is -2.02. The Morgan fingerprint density at radius 1 is 0.944 bits per heavy atom. The van der Waals surface area contributed by atoms with Gasteiger partial charge < -0.3 is 0 Å². The summed E-state index contributed by atoms with van der Waals surface area (Å²) in [5.41, 5.74) is 0.0279. The van der Waals surface area contributed by atoms with Gasteiger partial charge in [0.25, 0.3) is 0 Å². The van der Waals surface area contributed by atoms with E-state index in [1.54, 1.807) is 18.2 Å². The Labute approximate surface area is 112 Å². The zero-order chi connectivity index (χ0) is 13.1. The molecule has 18 heavy (non-hydrogen) atoms. The summed E-state index contributed by atoms with van der Waals surface area (Å²) < 4.78 is 14.1. The van der Waals surface area contributed by atoms with Crippen molar-refractivity contribution in [2.24, 2.45) is 0 Å². The van der Waals surface area contributed by atoms with Gasteiger partial charge in [-0.15, -0.1) is 0 Å². The minimum Gasteiger partial charge on any atom is -0.285 e. The lowest BCUT2D eigenvalue weighted by molar-refractivity contribution is 0.0814. The van der Waals surface area contributed by atoms with Crippen LogP contribution in [0.1, 0.15) is 20.7 Å². The molecule has 0 saturated carbocycles. The van der Waals surface area contributed by atoms with Crippen molar-refractivity contribution in [3.63, 3.8) is 0 Å². The molecule has 0 fully saturated rings. The van der Waals surface area contributed by atoms with Crippen molar-refractivity contribution in [3.8, 4) is 0 Å². The van der Waals surface area contributed by atoms with Gasteiger partial charge in [-0.2, -0.15) is 0 Å². The van der Waals surface area contributed by atoms with Crippen LogP contribution in [0.5, 0.6) is 0 Å². The van der Waals surface area contributed by atoms with E-state index in [9.17, 15) is 14.0 Å². The Balaban J connectivity index is 2.38. The number of hydrogen-bond donors (Lipinski definition) is 0. The SMILES string of the molecule is O=C(C(=O)c1cc(Br)ccc1F)c1ccccc1. The van der Waals surface area contributed by atoms with Crippen LogP contribution in [0.2, 0.25) is 0 Å². The Bertz CT molecular complexity index is 608. The van der Waals surface area contributed by atoms with Crippen LogP contribution in [-0.2, 0) is 0 Å². The van der Waals surface area contributed by atoms with Crippen LogP contribution in [0.15, 0.2) is 53.0 Å². The Morgan fingerprint density at radius 2 is 1.61 bits per heavy atom. The highest BCUT2D eigenvalue weighted by molar-refractivity contribution is 9.10. The molecule has 0 unspecified atom stereocenters. The monoisotopic (exact) mass is 306 g/mol. The molecular formula is C14H8BrFO2. The topological polar surface area (TPSA) is 34.1 Å². The minimum absolute atomic E-state index is 0.224. The highest BCUT2D eigenvalue weighted by Gasteiger charge is 2.21. The number of carbonyl (C=O) groups is 2. The average Bonchev–Trinajstić information content (AvgIpc) is 2.41. The molecule has 90 valence electrons. The highest BCUT2D eigenvalue weighted by atomic mass is 79.9. The maximum atomic E-state index is 13.5. The summed E-state index contributed by atoms with van der Waals surface area (Å²) in [7, 11) is 0. The molecule has 0 aromatic heterocycles. The van der Waals surface area contributed by atoms with Crippen molar-refractivity contribution in [3.05, 3.63) is 69.9 Å². The molecule has 0 N–H and O–H groups in total. The van der Waals surface area contributed by atoms with Gasteiger partial charge in [-0.3, -0.25) is 9.59 Å². The van der Waals surface area contributed by atoms with Crippen LogP contribution < -0.4 is 0 Å². The van der Waals surface area contributed by atoms with Gasteiger partial charge >= 0.3 is 0 Å². The first-order valence-electron chi connectivity index (χ1n) is 5.18. The lowest BCUT2D eigenvalue weighted by Crippen LogP contribution is -2.15. The van der Waals surface area contributed by atoms with Crippen molar-refractivity contribution in [1.82, 2.24) is 0 Å². The van der Waals surface area contributed by atoms with E-state index in [-0.39, 0.29) is 11.1 Å². The molecule has 0 aliphatic heterocycles. The number of ketones is 2. The number of Topliss-reactive ketones (excluding diaryl/α,β-unsaturated/α-hetero) is 2. The maximum Gasteiger partial charge on any atom is 0.236 e. The van der Waals surface area contributed by atoms with Gasteiger partial charge in [0.2, 0.25) is 11.6 Å². The van der Waals surface area contributed by atoms with E-state index in [1.165, 1.54) is 24.3 Å². The first kappa shape index (κ1) is 12.6. The van der Waals surface area contributed by atoms with E-state index < -0.39 is 17.4 Å². The summed E-state index contributed by atoms with van der Waals surface area (Å²) in [5.74, 6) is -2.26. The fourth-order valence-corrected chi connectivity index (χ4v) is 1.88. The summed E-state index contributed by atoms with van der Waals surface area (Å²) in [6, 6.07) is 12.0. The van der Waals surface area contributed by atoms with Crippen LogP contribution in [0, 0.1) is 5.82 Å². The molecule has 2 aromatic rings. The van der Waals surface area contributed by atoms with Crippen molar-refractivity contribution in [2.75, 3.05) is 0 Å². The van der Waals surface area contributed by atoms with Crippen LogP contribution in [0.4, 0.5) is 4.39 Å². The van der Waals surface area contributed by atoms with Gasteiger partial charge in [0, 0.05) is 10.0 Å². The molecule has 0 saturated heterocycles. The highest BCUT2D eigenvalue weighted by Crippen LogP contribution is 2.17. The fourth-order valence-electron chi connectivity index (χ4n) is 1.51. The molecule has 0 radical (unpaired) electrons. The van der Waals surface area contributed by atoms with Crippen molar-refractivity contribution < 1.29 is 14.0 Å². The average molecular weight is 307 g/mol. The van der Waals surface area contributed by atoms with Crippen molar-refractivity contribution >= 4 is 27.5 Å². The minimum atomic E-state index is -0.847. The first-order chi connectivity index (χ1) is 8.59. The molecular weight excluding hydrogens is 299 g/mol. The third-order valence-electron chi connectivity index (χ3n) is 2.42. The number of benzene rings is 2. The normalized spacial score (nSPS) is 10.1. The summed E-state index contributed by atoms with van der Waals surface area (Å²) in [6.45, 7) is 0. The second kappa shape index (κ2) is 5.23. The van der Waals surface area contributed by atoms with Crippen LogP contribution in [0.3, 0.4) is 0 Å². The van der Waals surface area contributed by atoms with Crippen LogP contribution in [0.25, 0.3) is 0 Å². The van der Waals surface area contributed by atoms with E-state index in [4.69, 9.17) is 0 Å². The van der Waals surface area contributed by atoms with Crippen molar-refractivity contribution in [2.45, 2.75) is 0 Å². The molecule has 0 atom stereocenters. The standard InChI is InChI=1S/C14H8BrFO2/c15-10-6-7-12(16)11(8-10)14(18)13(17)9-4-2-1-3-5-9/h1-8H. The molecule has 2 aromatic carbocycles. The second-order valence-corrected chi connectivity index (χ2v) is 4.56. The Hall–Kier alpha value is -1.81. The molecule has 0 amide bonds. The third-order valence-corrected chi connectivity index (χ3v) is 2.91. The smallest absolute Gasteiger partial charge is 0.236 e. The number of halogens is 2. The summed E-state index contributed by atoms with van der Waals surface area (Å²) >= 11 is 3.14. The van der Waals surface area contributed by atoms with Gasteiger partial charge in [0.15, 0.2) is 0 Å². The Morgan fingerprint density at radius 3 is 2.28 bits per heavy atom. The van der Waals surface area contributed by atoms with E-state index >= 15 is 0 Å². The largest absolute Gasteiger partial charge is 0.285 e. The van der Waals surface area contributed by atoms with Crippen LogP contribution in [-0.4, -0.2) is 11.6 Å². The zero-order valence-corrected chi connectivity index (χ0v) is 10.8. The van der Waals surface area contributed by atoms with E-state index in [0.717, 1.165) is 6.07 Å². The molecule has 0 heterocycles. The van der Waals surface area contributed by atoms with Gasteiger partial charge in [0.1, 0.15) is 5.82 Å². The van der Waals surface area contributed by atoms with Gasteiger partial charge in [0.05, 0.1) is 5.56 Å². The second-order valence-electron chi connectivity index (χ2n) is 3.65. The zero-order valence-electron chi connectivity index (χ0n) is 9.19. The predicted molar refractivity (Wildman–Crippen MR) is 69.2 cm³/mol. The summed E-state index contributed by atoms with van der Waals surface area (Å²) in [5, 5.41) is 0. The number of hydrogen-bond acceptors (Lipinski definition) is 2. The molecule has 0 spiro atoms.